The second-order valence-electron chi connectivity index (χ2n) is 6.09. The number of ether oxygens (including phenoxy) is 1. The van der Waals surface area contributed by atoms with Gasteiger partial charge in [0.15, 0.2) is 0 Å². The fourth-order valence-electron chi connectivity index (χ4n) is 2.75. The van der Waals surface area contributed by atoms with Crippen LogP contribution in [0.15, 0.2) is 24.3 Å². The molecule has 1 fully saturated rings. The molecule has 1 atom stereocenters. The summed E-state index contributed by atoms with van der Waals surface area (Å²) in [6.45, 7) is 4.49. The molecule has 1 aliphatic heterocycles. The molecule has 1 aromatic carbocycles. The van der Waals surface area contributed by atoms with Gasteiger partial charge < -0.3 is 9.64 Å². The van der Waals surface area contributed by atoms with Crippen molar-refractivity contribution in [2.75, 3.05) is 12.9 Å². The van der Waals surface area contributed by atoms with E-state index in [0.717, 1.165) is 29.9 Å². The number of likely N-dealkylation sites (tertiary alicyclic amines) is 1. The third-order valence-corrected chi connectivity index (χ3v) is 5.59. The number of carbonyl (C=O) groups is 2. The molecule has 0 aliphatic carbocycles. The predicted octanol–water partition coefficient (Wildman–Crippen LogP) is 3.64. The molecule has 0 radical (unpaired) electrons. The Balaban J connectivity index is 2.09. The van der Waals surface area contributed by atoms with E-state index >= 15 is 0 Å². The quantitative estimate of drug-likeness (QED) is 0.714. The lowest BCUT2D eigenvalue weighted by Gasteiger charge is -2.33. The van der Waals surface area contributed by atoms with Gasteiger partial charge in [-0.2, -0.15) is 0 Å². The van der Waals surface area contributed by atoms with Gasteiger partial charge in [-0.1, -0.05) is 37.2 Å². The van der Waals surface area contributed by atoms with Crippen molar-refractivity contribution in [3.63, 3.8) is 0 Å². The molecule has 5 heteroatoms. The molecule has 1 unspecified atom stereocenters. The second kappa shape index (κ2) is 7.86. The van der Waals surface area contributed by atoms with E-state index in [0.29, 0.717) is 19.4 Å². The first kappa shape index (κ1) is 17.9. The Hall–Kier alpha value is -1.49. The monoisotopic (exact) mass is 335 g/mol. The molecule has 1 aromatic rings. The van der Waals surface area contributed by atoms with E-state index in [1.165, 1.54) is 11.8 Å². The topological polar surface area (TPSA) is 46.6 Å². The molecule has 4 nitrogen and oxygen atoms in total. The third-order valence-electron chi connectivity index (χ3n) is 4.39. The zero-order valence-electron chi connectivity index (χ0n) is 14.1. The van der Waals surface area contributed by atoms with Gasteiger partial charge in [0, 0.05) is 18.7 Å². The van der Waals surface area contributed by atoms with Gasteiger partial charge in [0.05, 0.1) is 7.11 Å². The highest BCUT2D eigenvalue weighted by Gasteiger charge is 2.46. The van der Waals surface area contributed by atoms with Gasteiger partial charge in [-0.25, -0.2) is 0 Å². The predicted molar refractivity (Wildman–Crippen MR) is 93.6 cm³/mol. The Labute approximate surface area is 142 Å². The van der Waals surface area contributed by atoms with Gasteiger partial charge >= 0.3 is 0 Å². The SMILES string of the molecule is CCCCSC(=O)C1(C)CCC(=O)N1Cc1ccc(OC)cc1. The summed E-state index contributed by atoms with van der Waals surface area (Å²) in [5.41, 5.74) is 0.328. The van der Waals surface area contributed by atoms with Crippen molar-refractivity contribution in [2.24, 2.45) is 0 Å². The first-order valence-corrected chi connectivity index (χ1v) is 9.10. The molecule has 0 aromatic heterocycles. The van der Waals surface area contributed by atoms with Gasteiger partial charge in [-0.3, -0.25) is 9.59 Å². The van der Waals surface area contributed by atoms with Crippen LogP contribution in [0.3, 0.4) is 0 Å². The Bertz CT molecular complexity index is 558. The number of unbranched alkanes of at least 4 members (excludes halogenated alkanes) is 1. The minimum absolute atomic E-state index is 0.0627. The lowest BCUT2D eigenvalue weighted by Crippen LogP contribution is -2.48. The van der Waals surface area contributed by atoms with E-state index < -0.39 is 5.54 Å². The van der Waals surface area contributed by atoms with Crippen LogP contribution in [0.25, 0.3) is 0 Å². The highest BCUT2D eigenvalue weighted by atomic mass is 32.2. The molecule has 2 rings (SSSR count). The number of thioether (sulfide) groups is 1. The van der Waals surface area contributed by atoms with Crippen molar-refractivity contribution in [1.82, 2.24) is 4.90 Å². The van der Waals surface area contributed by atoms with Crippen molar-refractivity contribution in [3.05, 3.63) is 29.8 Å². The molecule has 0 spiro atoms. The van der Waals surface area contributed by atoms with E-state index in [2.05, 4.69) is 6.92 Å². The Morgan fingerprint density at radius 2 is 2.04 bits per heavy atom. The first-order valence-electron chi connectivity index (χ1n) is 8.12. The highest BCUT2D eigenvalue weighted by Crippen LogP contribution is 2.36. The van der Waals surface area contributed by atoms with E-state index in [9.17, 15) is 9.59 Å². The van der Waals surface area contributed by atoms with Gasteiger partial charge in [0.2, 0.25) is 11.0 Å². The van der Waals surface area contributed by atoms with Gasteiger partial charge in [-0.05, 0) is 37.5 Å². The van der Waals surface area contributed by atoms with Crippen molar-refractivity contribution in [2.45, 2.75) is 51.6 Å². The average molecular weight is 335 g/mol. The molecule has 0 N–H and O–H groups in total. The summed E-state index contributed by atoms with van der Waals surface area (Å²) >= 11 is 1.37. The molecule has 1 heterocycles. The highest BCUT2D eigenvalue weighted by molar-refractivity contribution is 8.13. The van der Waals surface area contributed by atoms with Crippen LogP contribution in [-0.4, -0.2) is 34.3 Å². The lowest BCUT2D eigenvalue weighted by atomic mass is 10.0. The van der Waals surface area contributed by atoms with Crippen LogP contribution in [0.1, 0.15) is 45.1 Å². The molecule has 1 aliphatic rings. The van der Waals surface area contributed by atoms with Crippen LogP contribution in [0, 0.1) is 0 Å². The maximum atomic E-state index is 12.6. The maximum Gasteiger partial charge on any atom is 0.223 e. The van der Waals surface area contributed by atoms with Crippen LogP contribution in [0.2, 0.25) is 0 Å². The molecule has 0 saturated carbocycles. The van der Waals surface area contributed by atoms with Crippen LogP contribution < -0.4 is 4.74 Å². The van der Waals surface area contributed by atoms with E-state index in [-0.39, 0.29) is 11.0 Å². The molecular formula is C18H25NO3S. The zero-order valence-corrected chi connectivity index (χ0v) is 14.9. The van der Waals surface area contributed by atoms with Crippen molar-refractivity contribution in [3.8, 4) is 5.75 Å². The molecule has 0 bridgehead atoms. The summed E-state index contributed by atoms with van der Waals surface area (Å²) in [4.78, 5) is 26.7. The average Bonchev–Trinajstić information content (AvgIpc) is 2.85. The number of nitrogens with zero attached hydrogens (tertiary/aromatic N) is 1. The molecule has 1 amide bonds. The number of benzene rings is 1. The molecule has 1 saturated heterocycles. The van der Waals surface area contributed by atoms with Gasteiger partial charge in [0.25, 0.3) is 0 Å². The summed E-state index contributed by atoms with van der Waals surface area (Å²) in [7, 11) is 1.63. The number of hydrogen-bond acceptors (Lipinski definition) is 4. The second-order valence-corrected chi connectivity index (χ2v) is 7.16. The normalized spacial score (nSPS) is 20.8. The fourth-order valence-corrected chi connectivity index (χ4v) is 3.89. The molecule has 126 valence electrons. The summed E-state index contributed by atoms with van der Waals surface area (Å²) in [5.74, 6) is 1.68. The van der Waals surface area contributed by atoms with E-state index in [1.807, 2.05) is 31.2 Å². The minimum atomic E-state index is -0.685. The van der Waals surface area contributed by atoms with E-state index in [1.54, 1.807) is 12.0 Å². The van der Waals surface area contributed by atoms with Crippen LogP contribution >= 0.6 is 11.8 Å². The lowest BCUT2D eigenvalue weighted by molar-refractivity contribution is -0.136. The standard InChI is InChI=1S/C18H25NO3S/c1-4-5-12-23-17(21)18(2)11-10-16(20)19(18)13-14-6-8-15(22-3)9-7-14/h6-9H,4-5,10-13H2,1-3H3. The summed E-state index contributed by atoms with van der Waals surface area (Å²) < 4.78 is 5.16. The number of hydrogen-bond donors (Lipinski definition) is 0. The Morgan fingerprint density at radius 1 is 1.35 bits per heavy atom. The minimum Gasteiger partial charge on any atom is -0.497 e. The number of methoxy groups -OCH3 is 1. The summed E-state index contributed by atoms with van der Waals surface area (Å²) in [6.07, 6.45) is 3.16. The smallest absolute Gasteiger partial charge is 0.223 e. The Kier molecular flexibility index (Phi) is 6.10. The summed E-state index contributed by atoms with van der Waals surface area (Å²) in [6, 6.07) is 7.65. The van der Waals surface area contributed by atoms with Crippen LogP contribution in [0.4, 0.5) is 0 Å². The molecular weight excluding hydrogens is 310 g/mol. The zero-order chi connectivity index (χ0) is 16.9. The fraction of sp³-hybridized carbons (Fsp3) is 0.556. The van der Waals surface area contributed by atoms with Crippen molar-refractivity contribution >= 4 is 22.8 Å². The van der Waals surface area contributed by atoms with Gasteiger partial charge in [0.1, 0.15) is 11.3 Å². The van der Waals surface area contributed by atoms with Crippen LogP contribution in [0.5, 0.6) is 5.75 Å². The maximum absolute atomic E-state index is 12.6. The first-order chi connectivity index (χ1) is 11.0. The largest absolute Gasteiger partial charge is 0.497 e. The third kappa shape index (κ3) is 4.08. The van der Waals surface area contributed by atoms with Gasteiger partial charge in [-0.15, -0.1) is 0 Å². The van der Waals surface area contributed by atoms with Crippen molar-refractivity contribution in [1.29, 1.82) is 0 Å². The molecule has 23 heavy (non-hydrogen) atoms. The Morgan fingerprint density at radius 3 is 2.65 bits per heavy atom. The summed E-state index contributed by atoms with van der Waals surface area (Å²) in [5, 5.41) is 0.116. The van der Waals surface area contributed by atoms with E-state index in [4.69, 9.17) is 4.74 Å². The number of amides is 1. The number of rotatable bonds is 7. The van der Waals surface area contributed by atoms with Crippen LogP contribution in [-0.2, 0) is 16.1 Å². The number of carbonyl (C=O) groups excluding carboxylic acids is 2. The van der Waals surface area contributed by atoms with Crippen molar-refractivity contribution < 1.29 is 14.3 Å².